The molecule has 1 aliphatic rings. The predicted molar refractivity (Wildman–Crippen MR) is 168 cm³/mol. The van der Waals surface area contributed by atoms with E-state index in [-0.39, 0.29) is 56.4 Å². The van der Waals surface area contributed by atoms with Gasteiger partial charge in [0.2, 0.25) is 5.75 Å². The third kappa shape index (κ3) is 6.07. The summed E-state index contributed by atoms with van der Waals surface area (Å²) in [7, 11) is 4.55. The Balaban J connectivity index is 1.54. The van der Waals surface area contributed by atoms with E-state index in [2.05, 4.69) is 9.97 Å². The quantitative estimate of drug-likeness (QED) is 0.153. The fraction of sp³-hybridized carbons (Fsp3) is 0.452. The van der Waals surface area contributed by atoms with Crippen molar-refractivity contribution in [3.05, 3.63) is 35.3 Å². The maximum Gasteiger partial charge on any atom is 0.415 e. The third-order valence-electron chi connectivity index (χ3n) is 7.63. The number of carbonyl (C=O) groups excluding carboxylic acids is 2. The van der Waals surface area contributed by atoms with Crippen LogP contribution in [0.25, 0.3) is 22.0 Å². The minimum atomic E-state index is -0.602. The number of anilines is 1. The number of nitrogens with one attached hydrogen (secondary N) is 1. The summed E-state index contributed by atoms with van der Waals surface area (Å²) in [4.78, 5) is 38.4. The van der Waals surface area contributed by atoms with Gasteiger partial charge in [-0.2, -0.15) is 0 Å². The highest BCUT2D eigenvalue weighted by Crippen LogP contribution is 2.47. The van der Waals surface area contributed by atoms with E-state index in [9.17, 15) is 9.59 Å². The molecule has 0 aliphatic carbocycles. The van der Waals surface area contributed by atoms with Crippen molar-refractivity contribution in [2.75, 3.05) is 71.6 Å². The van der Waals surface area contributed by atoms with Gasteiger partial charge in [-0.15, -0.1) is 11.6 Å². The molecular formula is C31H37ClN4O9. The second-order valence-electron chi connectivity index (χ2n) is 10.5. The van der Waals surface area contributed by atoms with E-state index < -0.39 is 6.09 Å². The number of halogens is 1. The second-order valence-corrected chi connectivity index (χ2v) is 10.8. The van der Waals surface area contributed by atoms with E-state index in [4.69, 9.17) is 44.8 Å². The van der Waals surface area contributed by atoms with Crippen LogP contribution in [0.4, 0.5) is 10.5 Å². The van der Waals surface area contributed by atoms with Crippen molar-refractivity contribution in [3.63, 3.8) is 0 Å². The Labute approximate surface area is 264 Å². The number of ether oxygens (including phenoxy) is 5. The van der Waals surface area contributed by atoms with Crippen molar-refractivity contribution in [2.24, 2.45) is 0 Å². The average molecular weight is 645 g/mol. The molecule has 13 nitrogen and oxygen atoms in total. The SMILES string of the molecule is CCCN(CCOCCO)C(=O)Oc1cc2c(c3nc(C)oc13)C(CCl)CN2C(=O)c1cc2cc(OC)c(OC)c(OC)c2[nH]1. The summed E-state index contributed by atoms with van der Waals surface area (Å²) in [6, 6.07) is 5.11. The smallest absolute Gasteiger partial charge is 0.415 e. The molecule has 2 aromatic heterocycles. The Bertz CT molecular complexity index is 1700. The van der Waals surface area contributed by atoms with Crippen LogP contribution < -0.4 is 23.8 Å². The lowest BCUT2D eigenvalue weighted by Gasteiger charge is -2.22. The van der Waals surface area contributed by atoms with Gasteiger partial charge in [-0.05, 0) is 18.6 Å². The molecule has 4 aromatic rings. The molecule has 45 heavy (non-hydrogen) atoms. The average Bonchev–Trinajstić information content (AvgIpc) is 3.75. The van der Waals surface area contributed by atoms with Crippen molar-refractivity contribution >= 4 is 51.3 Å². The van der Waals surface area contributed by atoms with Crippen molar-refractivity contribution < 1.29 is 42.8 Å². The summed E-state index contributed by atoms with van der Waals surface area (Å²) in [5, 5.41) is 9.68. The number of oxazole rings is 1. The van der Waals surface area contributed by atoms with Crippen LogP contribution in [0.2, 0.25) is 0 Å². The van der Waals surface area contributed by atoms with Crippen LogP contribution in [0.3, 0.4) is 0 Å². The lowest BCUT2D eigenvalue weighted by atomic mass is 10.0. The number of aliphatic hydroxyl groups is 1. The van der Waals surface area contributed by atoms with E-state index in [1.165, 1.54) is 26.2 Å². The molecule has 0 radical (unpaired) electrons. The Morgan fingerprint density at radius 2 is 1.89 bits per heavy atom. The zero-order valence-electron chi connectivity index (χ0n) is 25.9. The molecule has 0 saturated heterocycles. The summed E-state index contributed by atoms with van der Waals surface area (Å²) in [6.07, 6.45) is 0.0955. The van der Waals surface area contributed by atoms with Gasteiger partial charge in [0, 0.05) is 55.4 Å². The molecule has 5 rings (SSSR count). The lowest BCUT2D eigenvalue weighted by molar-refractivity contribution is 0.0728. The number of nitrogens with zero attached hydrogens (tertiary/aromatic N) is 3. The zero-order chi connectivity index (χ0) is 32.2. The standard InChI is InChI=1S/C31H37ClN4O9/c1-6-7-35(8-10-43-11-9-37)31(39)45-23-14-21-24(26-27(23)44-17(2)33-26)19(15-32)16-36(21)30(38)20-12-18-13-22(40-3)28(41-4)29(42-5)25(18)34-20/h12-14,19,34,37H,6-11,15-16H2,1-5H3. The number of amides is 2. The van der Waals surface area contributed by atoms with Crippen LogP contribution >= 0.6 is 11.6 Å². The Morgan fingerprint density at radius 3 is 2.56 bits per heavy atom. The zero-order valence-corrected chi connectivity index (χ0v) is 26.7. The van der Waals surface area contributed by atoms with Gasteiger partial charge in [0.05, 0.1) is 52.4 Å². The molecule has 0 fully saturated rings. The molecule has 1 atom stereocenters. The van der Waals surface area contributed by atoms with Gasteiger partial charge in [-0.25, -0.2) is 9.78 Å². The van der Waals surface area contributed by atoms with Gasteiger partial charge >= 0.3 is 6.09 Å². The van der Waals surface area contributed by atoms with Crippen LogP contribution in [-0.2, 0) is 4.74 Å². The van der Waals surface area contributed by atoms with Gasteiger partial charge < -0.3 is 48.0 Å². The predicted octanol–water partition coefficient (Wildman–Crippen LogP) is 4.85. The first kappa shape index (κ1) is 32.2. The summed E-state index contributed by atoms with van der Waals surface area (Å²) >= 11 is 6.43. The number of hydrogen-bond acceptors (Lipinski definition) is 10. The van der Waals surface area contributed by atoms with Crippen molar-refractivity contribution in [1.82, 2.24) is 14.9 Å². The van der Waals surface area contributed by atoms with E-state index >= 15 is 0 Å². The van der Waals surface area contributed by atoms with Crippen LogP contribution in [0.1, 0.15) is 41.2 Å². The highest BCUT2D eigenvalue weighted by atomic mass is 35.5. The van der Waals surface area contributed by atoms with Gasteiger partial charge in [-0.3, -0.25) is 4.79 Å². The summed E-state index contributed by atoms with van der Waals surface area (Å²) in [5.41, 5.74) is 2.91. The summed E-state index contributed by atoms with van der Waals surface area (Å²) < 4.78 is 33.8. The molecule has 0 saturated carbocycles. The van der Waals surface area contributed by atoms with E-state index in [1.54, 1.807) is 30.0 Å². The molecular weight excluding hydrogens is 608 g/mol. The number of alkyl halides is 1. The number of fused-ring (bicyclic) bond motifs is 4. The topological polar surface area (TPSA) is 149 Å². The summed E-state index contributed by atoms with van der Waals surface area (Å²) in [5.74, 6) is 1.42. The van der Waals surface area contributed by atoms with E-state index in [1.807, 2.05) is 6.92 Å². The highest BCUT2D eigenvalue weighted by Gasteiger charge is 2.38. The monoisotopic (exact) mass is 644 g/mol. The number of aryl methyl sites for hydroxylation is 1. The minimum absolute atomic E-state index is 0.108. The van der Waals surface area contributed by atoms with Crippen LogP contribution in [0, 0.1) is 6.92 Å². The first-order valence-corrected chi connectivity index (χ1v) is 15.1. The number of carbonyl (C=O) groups is 2. The number of H-pyrrole nitrogens is 1. The van der Waals surface area contributed by atoms with E-state index in [0.29, 0.717) is 69.5 Å². The van der Waals surface area contributed by atoms with Crippen LogP contribution in [0.5, 0.6) is 23.0 Å². The molecule has 1 aliphatic heterocycles. The maximum absolute atomic E-state index is 14.1. The van der Waals surface area contributed by atoms with Gasteiger partial charge in [0.25, 0.3) is 5.91 Å². The number of aromatic amines is 1. The highest BCUT2D eigenvalue weighted by molar-refractivity contribution is 6.19. The minimum Gasteiger partial charge on any atom is -0.493 e. The Morgan fingerprint density at radius 1 is 1.11 bits per heavy atom. The lowest BCUT2D eigenvalue weighted by Crippen LogP contribution is -2.37. The maximum atomic E-state index is 14.1. The fourth-order valence-electron chi connectivity index (χ4n) is 5.66. The second kappa shape index (κ2) is 13.8. The van der Waals surface area contributed by atoms with Crippen molar-refractivity contribution in [1.29, 1.82) is 0 Å². The molecule has 2 amide bonds. The number of aromatic nitrogens is 2. The van der Waals surface area contributed by atoms with E-state index in [0.717, 1.165) is 5.56 Å². The third-order valence-corrected chi connectivity index (χ3v) is 8.00. The summed E-state index contributed by atoms with van der Waals surface area (Å²) in [6.45, 7) is 4.94. The number of rotatable bonds is 13. The first-order valence-electron chi connectivity index (χ1n) is 14.6. The number of hydrogen-bond donors (Lipinski definition) is 2. The molecule has 2 aromatic carbocycles. The first-order chi connectivity index (χ1) is 21.8. The molecule has 1 unspecified atom stereocenters. The molecule has 3 heterocycles. The van der Waals surface area contributed by atoms with Gasteiger partial charge in [0.1, 0.15) is 11.2 Å². The Kier molecular flexibility index (Phi) is 9.90. The molecule has 0 bridgehead atoms. The van der Waals surface area contributed by atoms with Crippen molar-refractivity contribution in [3.8, 4) is 23.0 Å². The molecule has 2 N–H and O–H groups in total. The number of benzene rings is 2. The molecule has 14 heteroatoms. The van der Waals surface area contributed by atoms with Crippen LogP contribution in [-0.4, -0.2) is 98.6 Å². The largest absolute Gasteiger partial charge is 0.493 e. The van der Waals surface area contributed by atoms with Gasteiger partial charge in [-0.1, -0.05) is 6.92 Å². The number of aliphatic hydroxyl groups excluding tert-OH is 1. The molecule has 242 valence electrons. The number of methoxy groups -OCH3 is 3. The van der Waals surface area contributed by atoms with Gasteiger partial charge in [0.15, 0.2) is 28.7 Å². The normalized spacial score (nSPS) is 14.2. The Hall–Kier alpha value is -4.20. The fourth-order valence-corrected chi connectivity index (χ4v) is 5.92. The molecule has 0 spiro atoms. The van der Waals surface area contributed by atoms with Crippen LogP contribution in [0.15, 0.2) is 22.6 Å². The van der Waals surface area contributed by atoms with Crippen molar-refractivity contribution in [2.45, 2.75) is 26.2 Å².